The number of amides is 2. The SMILES string of the molecule is CCCCCC[C@H](C(=O)NOC(C)C)C(=O)N(C)OC(=O)CCc1ccccc1. The van der Waals surface area contributed by atoms with Crippen molar-refractivity contribution in [2.75, 3.05) is 7.05 Å². The Balaban J connectivity index is 2.61. The van der Waals surface area contributed by atoms with Crippen LogP contribution in [0.4, 0.5) is 0 Å². The fraction of sp³-hybridized carbons (Fsp3) is 0.591. The van der Waals surface area contributed by atoms with Crippen molar-refractivity contribution in [1.29, 1.82) is 0 Å². The van der Waals surface area contributed by atoms with Gasteiger partial charge in [0.05, 0.1) is 12.5 Å². The average Bonchev–Trinajstić information content (AvgIpc) is 2.70. The van der Waals surface area contributed by atoms with Crippen LogP contribution in [0.2, 0.25) is 0 Å². The lowest BCUT2D eigenvalue weighted by Crippen LogP contribution is -2.43. The number of rotatable bonds is 12. The maximum atomic E-state index is 12.7. The van der Waals surface area contributed by atoms with Gasteiger partial charge >= 0.3 is 5.97 Å². The second-order valence-electron chi connectivity index (χ2n) is 7.32. The van der Waals surface area contributed by atoms with Crippen LogP contribution in [0.15, 0.2) is 30.3 Å². The van der Waals surface area contributed by atoms with Gasteiger partial charge in [0.25, 0.3) is 11.8 Å². The molecule has 7 heteroatoms. The molecule has 1 rings (SSSR count). The maximum absolute atomic E-state index is 12.7. The third-order valence-electron chi connectivity index (χ3n) is 4.37. The lowest BCUT2D eigenvalue weighted by atomic mass is 9.99. The van der Waals surface area contributed by atoms with Gasteiger partial charge in [-0.15, -0.1) is 0 Å². The van der Waals surface area contributed by atoms with Crippen LogP contribution in [0.25, 0.3) is 0 Å². The highest BCUT2D eigenvalue weighted by Gasteiger charge is 2.31. The van der Waals surface area contributed by atoms with E-state index in [1.165, 1.54) is 7.05 Å². The summed E-state index contributed by atoms with van der Waals surface area (Å²) in [5.74, 6) is -2.56. The zero-order valence-electron chi connectivity index (χ0n) is 18.0. The summed E-state index contributed by atoms with van der Waals surface area (Å²) in [6.45, 7) is 5.65. The van der Waals surface area contributed by atoms with E-state index in [9.17, 15) is 14.4 Å². The topological polar surface area (TPSA) is 84.9 Å². The summed E-state index contributed by atoms with van der Waals surface area (Å²) in [6, 6.07) is 9.55. The minimum atomic E-state index is -0.961. The Hall–Kier alpha value is -2.41. The lowest BCUT2D eigenvalue weighted by molar-refractivity contribution is -0.196. The molecule has 0 saturated carbocycles. The molecule has 0 spiro atoms. The lowest BCUT2D eigenvalue weighted by Gasteiger charge is -2.22. The van der Waals surface area contributed by atoms with Crippen LogP contribution in [-0.4, -0.2) is 36.0 Å². The Morgan fingerprint density at radius 1 is 1.07 bits per heavy atom. The van der Waals surface area contributed by atoms with E-state index in [-0.39, 0.29) is 12.5 Å². The minimum Gasteiger partial charge on any atom is -0.338 e. The number of aryl methyl sites for hydroxylation is 1. The van der Waals surface area contributed by atoms with E-state index in [2.05, 4.69) is 12.4 Å². The van der Waals surface area contributed by atoms with Crippen LogP contribution >= 0.6 is 0 Å². The van der Waals surface area contributed by atoms with Crippen molar-refractivity contribution in [3.63, 3.8) is 0 Å². The highest BCUT2D eigenvalue weighted by Crippen LogP contribution is 2.15. The van der Waals surface area contributed by atoms with Gasteiger partial charge in [0.2, 0.25) is 0 Å². The molecule has 1 aromatic rings. The van der Waals surface area contributed by atoms with Gasteiger partial charge in [-0.1, -0.05) is 62.9 Å². The Bertz CT molecular complexity index is 633. The molecule has 0 bridgehead atoms. The molecule has 162 valence electrons. The van der Waals surface area contributed by atoms with E-state index < -0.39 is 23.7 Å². The van der Waals surface area contributed by atoms with Gasteiger partial charge in [-0.25, -0.2) is 10.3 Å². The van der Waals surface area contributed by atoms with E-state index in [0.717, 1.165) is 36.3 Å². The maximum Gasteiger partial charge on any atom is 0.332 e. The van der Waals surface area contributed by atoms with Gasteiger partial charge in [0.1, 0.15) is 5.92 Å². The molecular weight excluding hydrogens is 372 g/mol. The van der Waals surface area contributed by atoms with Crippen LogP contribution < -0.4 is 5.48 Å². The number of hydroxylamine groups is 3. The first-order chi connectivity index (χ1) is 13.8. The molecular formula is C22H34N2O5. The summed E-state index contributed by atoms with van der Waals surface area (Å²) >= 11 is 0. The summed E-state index contributed by atoms with van der Waals surface area (Å²) in [6.07, 6.45) is 4.58. The molecule has 0 fully saturated rings. The molecule has 0 aliphatic rings. The van der Waals surface area contributed by atoms with Gasteiger partial charge in [-0.3, -0.25) is 14.4 Å². The highest BCUT2D eigenvalue weighted by atomic mass is 16.7. The summed E-state index contributed by atoms with van der Waals surface area (Å²) in [4.78, 5) is 47.5. The Morgan fingerprint density at radius 3 is 2.38 bits per heavy atom. The van der Waals surface area contributed by atoms with Crippen LogP contribution in [0.1, 0.15) is 64.9 Å². The molecule has 0 aliphatic heterocycles. The Morgan fingerprint density at radius 2 is 1.76 bits per heavy atom. The number of nitrogens with zero attached hydrogens (tertiary/aromatic N) is 1. The fourth-order valence-electron chi connectivity index (χ4n) is 2.74. The zero-order chi connectivity index (χ0) is 21.6. The predicted octanol–water partition coefficient (Wildman–Crippen LogP) is 3.58. The van der Waals surface area contributed by atoms with E-state index in [4.69, 9.17) is 9.68 Å². The van der Waals surface area contributed by atoms with Crippen LogP contribution in [0.3, 0.4) is 0 Å². The van der Waals surface area contributed by atoms with Crippen molar-refractivity contribution >= 4 is 17.8 Å². The van der Waals surface area contributed by atoms with Gasteiger partial charge in [-0.2, -0.15) is 5.06 Å². The van der Waals surface area contributed by atoms with Crippen LogP contribution in [-0.2, 0) is 30.5 Å². The molecule has 29 heavy (non-hydrogen) atoms. The highest BCUT2D eigenvalue weighted by molar-refractivity contribution is 5.99. The Kier molecular flexibility index (Phi) is 11.6. The van der Waals surface area contributed by atoms with Crippen molar-refractivity contribution < 1.29 is 24.1 Å². The van der Waals surface area contributed by atoms with Crippen LogP contribution in [0.5, 0.6) is 0 Å². The summed E-state index contributed by atoms with van der Waals surface area (Å²) in [5, 5.41) is 0.868. The largest absolute Gasteiger partial charge is 0.338 e. The van der Waals surface area contributed by atoms with E-state index in [0.29, 0.717) is 12.8 Å². The standard InChI is InChI=1S/C22H34N2O5/c1-5-6-7-11-14-19(21(26)23-28-17(2)3)22(27)24(4)29-20(25)16-15-18-12-9-8-10-13-18/h8-10,12-13,17,19H,5-7,11,14-16H2,1-4H3,(H,23,26)/t19-/m1/s1. The third-order valence-corrected chi connectivity index (χ3v) is 4.37. The summed E-state index contributed by atoms with van der Waals surface area (Å²) in [5.41, 5.74) is 3.34. The summed E-state index contributed by atoms with van der Waals surface area (Å²) in [7, 11) is 1.36. The molecule has 1 N–H and O–H groups in total. The fourth-order valence-corrected chi connectivity index (χ4v) is 2.74. The first kappa shape index (κ1) is 24.6. The van der Waals surface area contributed by atoms with Crippen molar-refractivity contribution in [1.82, 2.24) is 10.5 Å². The second-order valence-corrected chi connectivity index (χ2v) is 7.32. The van der Waals surface area contributed by atoms with E-state index in [1.54, 1.807) is 13.8 Å². The van der Waals surface area contributed by atoms with Crippen molar-refractivity contribution in [2.24, 2.45) is 5.92 Å². The first-order valence-corrected chi connectivity index (χ1v) is 10.3. The second kappa shape index (κ2) is 13.7. The molecule has 0 radical (unpaired) electrons. The third kappa shape index (κ3) is 10.1. The first-order valence-electron chi connectivity index (χ1n) is 10.3. The van der Waals surface area contributed by atoms with Gasteiger partial charge < -0.3 is 4.84 Å². The number of hydrogen-bond donors (Lipinski definition) is 1. The van der Waals surface area contributed by atoms with Crippen LogP contribution in [0, 0.1) is 5.92 Å². The number of nitrogens with one attached hydrogen (secondary N) is 1. The molecule has 1 atom stereocenters. The van der Waals surface area contributed by atoms with Gasteiger partial charge in [0.15, 0.2) is 0 Å². The molecule has 0 aromatic heterocycles. The molecule has 0 heterocycles. The minimum absolute atomic E-state index is 0.144. The Labute approximate surface area is 173 Å². The average molecular weight is 407 g/mol. The molecule has 7 nitrogen and oxygen atoms in total. The summed E-state index contributed by atoms with van der Waals surface area (Å²) < 4.78 is 0. The number of carbonyl (C=O) groups is 3. The van der Waals surface area contributed by atoms with Crippen molar-refractivity contribution in [3.8, 4) is 0 Å². The molecule has 0 saturated heterocycles. The molecule has 1 aromatic carbocycles. The number of carbonyl (C=O) groups excluding carboxylic acids is 3. The zero-order valence-corrected chi connectivity index (χ0v) is 18.0. The number of unbranched alkanes of at least 4 members (excludes halogenated alkanes) is 3. The van der Waals surface area contributed by atoms with E-state index in [1.807, 2.05) is 30.3 Å². The molecule has 0 aliphatic carbocycles. The van der Waals surface area contributed by atoms with Crippen molar-refractivity contribution in [3.05, 3.63) is 35.9 Å². The molecule has 0 unspecified atom stereocenters. The molecule has 2 amide bonds. The normalized spacial score (nSPS) is 11.8. The predicted molar refractivity (Wildman–Crippen MR) is 110 cm³/mol. The number of hydrogen-bond acceptors (Lipinski definition) is 5. The van der Waals surface area contributed by atoms with Gasteiger partial charge in [-0.05, 0) is 32.3 Å². The van der Waals surface area contributed by atoms with E-state index >= 15 is 0 Å². The number of benzene rings is 1. The van der Waals surface area contributed by atoms with Gasteiger partial charge in [0, 0.05) is 7.05 Å². The smallest absolute Gasteiger partial charge is 0.332 e. The van der Waals surface area contributed by atoms with Crippen molar-refractivity contribution in [2.45, 2.75) is 71.8 Å². The quantitative estimate of drug-likeness (QED) is 0.326. The monoisotopic (exact) mass is 406 g/mol.